The molecule has 2 aromatic rings. The van der Waals surface area contributed by atoms with Gasteiger partial charge in [0, 0.05) is 0 Å². The first-order chi connectivity index (χ1) is 6.22. The molecule has 0 spiro atoms. The van der Waals surface area contributed by atoms with Gasteiger partial charge in [-0.05, 0) is 34.1 Å². The first kappa shape index (κ1) is 8.84. The molecule has 2 rings (SSSR count). The monoisotopic (exact) mass is 260 g/mol. The van der Waals surface area contributed by atoms with Crippen LogP contribution in [0, 0.1) is 0 Å². The average molecular weight is 262 g/mol. The van der Waals surface area contributed by atoms with E-state index in [1.54, 1.807) is 17.7 Å². The van der Waals surface area contributed by atoms with Crippen molar-refractivity contribution in [1.29, 1.82) is 0 Å². The van der Waals surface area contributed by atoms with E-state index in [0.29, 0.717) is 10.9 Å². The van der Waals surface area contributed by atoms with E-state index in [2.05, 4.69) is 21.0 Å². The molecule has 3 nitrogen and oxygen atoms in total. The number of hydrogen-bond donors (Lipinski definition) is 0. The van der Waals surface area contributed by atoms with Crippen LogP contribution in [0.5, 0.6) is 5.88 Å². The van der Waals surface area contributed by atoms with Crippen LogP contribution in [0.1, 0.15) is 0 Å². The highest BCUT2D eigenvalue weighted by Gasteiger charge is 2.07. The van der Waals surface area contributed by atoms with Gasteiger partial charge in [-0.2, -0.15) is 9.61 Å². The Labute approximate surface area is 88.4 Å². The number of ether oxygens (including phenoxy) is 1. The fraction of sp³-hybridized carbons (Fsp3) is 0.125. The molecule has 0 amide bonds. The molecule has 0 aliphatic carbocycles. The molecule has 0 N–H and O–H groups in total. The number of aromatic nitrogens is 2. The molecular weight excluding hydrogens is 255 g/mol. The number of nitrogens with zero attached hydrogens (tertiary/aromatic N) is 2. The zero-order valence-corrected chi connectivity index (χ0v) is 9.13. The zero-order valence-electron chi connectivity index (χ0n) is 6.79. The smallest absolute Gasteiger partial charge is 0.234 e. The van der Waals surface area contributed by atoms with Crippen molar-refractivity contribution in [1.82, 2.24) is 9.61 Å². The van der Waals surface area contributed by atoms with Crippen molar-refractivity contribution in [2.24, 2.45) is 0 Å². The highest BCUT2D eigenvalue weighted by Crippen LogP contribution is 2.26. The number of halogens is 2. The Morgan fingerprint density at radius 2 is 2.31 bits per heavy atom. The molecule has 0 aliphatic rings. The summed E-state index contributed by atoms with van der Waals surface area (Å²) in [6.45, 7) is 0. The molecule has 0 bridgehead atoms. The van der Waals surface area contributed by atoms with Gasteiger partial charge in [-0.25, -0.2) is 0 Å². The van der Waals surface area contributed by atoms with Crippen LogP contribution in [-0.2, 0) is 0 Å². The quantitative estimate of drug-likeness (QED) is 0.789. The Morgan fingerprint density at radius 3 is 3.00 bits per heavy atom. The van der Waals surface area contributed by atoms with E-state index in [1.165, 1.54) is 0 Å². The predicted octanol–water partition coefficient (Wildman–Crippen LogP) is 2.76. The molecule has 0 atom stereocenters. The van der Waals surface area contributed by atoms with Crippen molar-refractivity contribution in [3.63, 3.8) is 0 Å². The van der Waals surface area contributed by atoms with Crippen LogP contribution in [0.2, 0.25) is 5.02 Å². The topological polar surface area (TPSA) is 26.5 Å². The summed E-state index contributed by atoms with van der Waals surface area (Å²) in [5, 5.41) is 4.72. The second-order valence-corrected chi connectivity index (χ2v) is 3.71. The molecule has 0 radical (unpaired) electrons. The van der Waals surface area contributed by atoms with Gasteiger partial charge in [-0.1, -0.05) is 11.6 Å². The van der Waals surface area contributed by atoms with Crippen LogP contribution in [0.25, 0.3) is 5.52 Å². The molecule has 5 heteroatoms. The Kier molecular flexibility index (Phi) is 2.17. The summed E-state index contributed by atoms with van der Waals surface area (Å²) in [4.78, 5) is 0. The molecule has 2 heterocycles. The SMILES string of the molecule is COc1c(Cl)ccc2cc(Br)nn12. The highest BCUT2D eigenvalue weighted by atomic mass is 79.9. The number of rotatable bonds is 1. The van der Waals surface area contributed by atoms with Crippen molar-refractivity contribution in [3.05, 3.63) is 27.8 Å². The van der Waals surface area contributed by atoms with Crippen LogP contribution in [0.15, 0.2) is 22.8 Å². The van der Waals surface area contributed by atoms with Gasteiger partial charge in [-0.3, -0.25) is 0 Å². The maximum absolute atomic E-state index is 5.91. The minimum absolute atomic E-state index is 0.546. The lowest BCUT2D eigenvalue weighted by atomic mass is 10.4. The fourth-order valence-electron chi connectivity index (χ4n) is 1.16. The van der Waals surface area contributed by atoms with Crippen molar-refractivity contribution in [2.75, 3.05) is 7.11 Å². The largest absolute Gasteiger partial charge is 0.480 e. The van der Waals surface area contributed by atoms with Gasteiger partial charge >= 0.3 is 0 Å². The lowest BCUT2D eigenvalue weighted by Gasteiger charge is -2.04. The van der Waals surface area contributed by atoms with Crippen LogP contribution in [-0.4, -0.2) is 16.7 Å². The Hall–Kier alpha value is -0.740. The second kappa shape index (κ2) is 3.20. The minimum Gasteiger partial charge on any atom is -0.480 e. The molecule has 0 aromatic carbocycles. The number of methoxy groups -OCH3 is 1. The summed E-state index contributed by atoms with van der Waals surface area (Å²) in [5.41, 5.74) is 0.938. The summed E-state index contributed by atoms with van der Waals surface area (Å²) in [6, 6.07) is 5.55. The van der Waals surface area contributed by atoms with E-state index >= 15 is 0 Å². The Balaban J connectivity index is 2.82. The lowest BCUT2D eigenvalue weighted by molar-refractivity contribution is 0.386. The van der Waals surface area contributed by atoms with Crippen molar-refractivity contribution >= 4 is 33.0 Å². The molecule has 68 valence electrons. The van der Waals surface area contributed by atoms with Gasteiger partial charge in [0.15, 0.2) is 0 Å². The Morgan fingerprint density at radius 1 is 1.54 bits per heavy atom. The summed E-state index contributed by atoms with van der Waals surface area (Å²) in [5.74, 6) is 0.546. The van der Waals surface area contributed by atoms with Gasteiger partial charge in [-0.15, -0.1) is 0 Å². The van der Waals surface area contributed by atoms with E-state index < -0.39 is 0 Å². The normalized spacial score (nSPS) is 10.7. The number of fused-ring (bicyclic) bond motifs is 1. The summed E-state index contributed by atoms with van der Waals surface area (Å²) >= 11 is 9.19. The zero-order chi connectivity index (χ0) is 9.42. The third-order valence-corrected chi connectivity index (χ3v) is 2.37. The van der Waals surface area contributed by atoms with Crippen LogP contribution >= 0.6 is 27.5 Å². The number of hydrogen-bond acceptors (Lipinski definition) is 2. The van der Waals surface area contributed by atoms with Crippen LogP contribution < -0.4 is 4.74 Å². The molecular formula is C8H6BrClN2O. The van der Waals surface area contributed by atoms with Crippen molar-refractivity contribution in [2.45, 2.75) is 0 Å². The van der Waals surface area contributed by atoms with Gasteiger partial charge in [0.05, 0.1) is 12.6 Å². The third-order valence-electron chi connectivity index (χ3n) is 1.70. The summed E-state index contributed by atoms with van der Waals surface area (Å²) in [7, 11) is 1.57. The van der Waals surface area contributed by atoms with Gasteiger partial charge < -0.3 is 4.74 Å². The molecule has 2 aromatic heterocycles. The first-order valence-electron chi connectivity index (χ1n) is 3.60. The maximum Gasteiger partial charge on any atom is 0.234 e. The lowest BCUT2D eigenvalue weighted by Crippen LogP contribution is -1.95. The van der Waals surface area contributed by atoms with E-state index in [1.807, 2.05) is 12.1 Å². The summed E-state index contributed by atoms with van der Waals surface area (Å²) < 4.78 is 7.52. The van der Waals surface area contributed by atoms with Gasteiger partial charge in [0.2, 0.25) is 5.88 Å². The second-order valence-electron chi connectivity index (χ2n) is 2.49. The van der Waals surface area contributed by atoms with Crippen molar-refractivity contribution < 1.29 is 4.74 Å². The van der Waals surface area contributed by atoms with Crippen LogP contribution in [0.4, 0.5) is 0 Å². The molecule has 13 heavy (non-hydrogen) atoms. The molecule has 0 saturated heterocycles. The van der Waals surface area contributed by atoms with Gasteiger partial charge in [0.1, 0.15) is 9.63 Å². The van der Waals surface area contributed by atoms with Crippen molar-refractivity contribution in [3.8, 4) is 5.88 Å². The van der Waals surface area contributed by atoms with Crippen LogP contribution in [0.3, 0.4) is 0 Å². The summed E-state index contributed by atoms with van der Waals surface area (Å²) in [6.07, 6.45) is 0. The maximum atomic E-state index is 5.91. The standard InChI is InChI=1S/C8H6BrClN2O/c1-13-8-6(10)3-2-5-4-7(9)11-12(5)8/h2-4H,1H3. The minimum atomic E-state index is 0.546. The van der Waals surface area contributed by atoms with E-state index in [-0.39, 0.29) is 0 Å². The first-order valence-corrected chi connectivity index (χ1v) is 4.77. The van der Waals surface area contributed by atoms with E-state index in [0.717, 1.165) is 10.1 Å². The molecule has 0 fully saturated rings. The molecule has 0 unspecified atom stereocenters. The third kappa shape index (κ3) is 1.40. The highest BCUT2D eigenvalue weighted by molar-refractivity contribution is 9.10. The van der Waals surface area contributed by atoms with E-state index in [9.17, 15) is 0 Å². The molecule has 0 aliphatic heterocycles. The number of pyridine rings is 1. The van der Waals surface area contributed by atoms with E-state index in [4.69, 9.17) is 16.3 Å². The molecule has 0 saturated carbocycles. The average Bonchev–Trinajstić information content (AvgIpc) is 2.45. The predicted molar refractivity (Wildman–Crippen MR) is 54.5 cm³/mol. The fourth-order valence-corrected chi connectivity index (χ4v) is 1.77. The Bertz CT molecular complexity index is 455. The van der Waals surface area contributed by atoms with Gasteiger partial charge in [0.25, 0.3) is 0 Å².